The van der Waals surface area contributed by atoms with E-state index in [2.05, 4.69) is 43.6 Å². The smallest absolute Gasteiger partial charge is 0.304 e. The second-order valence-electron chi connectivity index (χ2n) is 8.76. The van der Waals surface area contributed by atoms with Gasteiger partial charge in [-0.05, 0) is 44.3 Å². The van der Waals surface area contributed by atoms with E-state index < -0.39 is 10.7 Å². The van der Waals surface area contributed by atoms with Crippen molar-refractivity contribution in [2.75, 3.05) is 0 Å². The number of carbonyl (C=O) groups excluding carboxylic acids is 1. The Morgan fingerprint density at radius 1 is 1.38 bits per heavy atom. The molecule has 7 heteroatoms. The summed E-state index contributed by atoms with van der Waals surface area (Å²) >= 11 is 3.11. The number of hydrogen-bond donors (Lipinski definition) is 2. The monoisotopic (exact) mass is 472 g/mol. The maximum Gasteiger partial charge on any atom is 0.304 e. The fraction of sp³-hybridized carbons (Fsp3) is 0.480. The number of rotatable bonds is 4. The molecular weight excluding hydrogens is 440 g/mol. The summed E-state index contributed by atoms with van der Waals surface area (Å²) in [6, 6.07) is -0.228. The van der Waals surface area contributed by atoms with Gasteiger partial charge in [-0.25, -0.2) is 4.98 Å². The SMILES string of the molecule is C=C1/C=C\C(CCC)=C\c2csc(n2)C(C)NC(=O)C[C@@]2(CC(=O)O)CCC(=C)[C@H](C1)S2. The highest BCUT2D eigenvalue weighted by Crippen LogP contribution is 2.49. The molecule has 172 valence electrons. The molecule has 3 atom stereocenters. The van der Waals surface area contributed by atoms with Crippen LogP contribution in [0.2, 0.25) is 0 Å². The summed E-state index contributed by atoms with van der Waals surface area (Å²) in [6.45, 7) is 12.6. The largest absolute Gasteiger partial charge is 0.481 e. The Bertz CT molecular complexity index is 962. The van der Waals surface area contributed by atoms with Gasteiger partial charge in [0.2, 0.25) is 5.91 Å². The number of nitrogens with one attached hydrogen (secondary N) is 1. The standard InChI is InChI=1S/C25H32N2O3S2/c1-5-6-19-8-7-16(2)11-21-17(3)9-10-25(32-21,14-23(29)30)13-22(28)26-18(4)24-27-20(12-19)15-31-24/h7-8,12,15,18,21H,2-3,5-6,9-11,13-14H2,1,4H3,(H,26,28)(H,29,30)/b8-7-,19-12+/t18?,21-,25+/m0/s1. The van der Waals surface area contributed by atoms with Gasteiger partial charge in [0.1, 0.15) is 5.01 Å². The third kappa shape index (κ3) is 6.45. The Labute approximate surface area is 198 Å². The lowest BCUT2D eigenvalue weighted by molar-refractivity contribution is -0.137. The van der Waals surface area contributed by atoms with Crippen molar-refractivity contribution in [2.24, 2.45) is 0 Å². The molecule has 2 N–H and O–H groups in total. The maximum atomic E-state index is 13.0. The number of thiazole rings is 1. The Morgan fingerprint density at radius 2 is 2.16 bits per heavy atom. The van der Waals surface area contributed by atoms with Crippen LogP contribution in [-0.2, 0) is 9.59 Å². The molecule has 2 aliphatic rings. The van der Waals surface area contributed by atoms with Crippen molar-refractivity contribution >= 4 is 41.1 Å². The zero-order chi connectivity index (χ0) is 23.3. The lowest BCUT2D eigenvalue weighted by Crippen LogP contribution is -2.41. The van der Waals surface area contributed by atoms with Crippen LogP contribution in [0, 0.1) is 0 Å². The van der Waals surface area contributed by atoms with Gasteiger partial charge in [-0.1, -0.05) is 49.8 Å². The van der Waals surface area contributed by atoms with E-state index in [-0.39, 0.29) is 30.0 Å². The molecule has 1 amide bonds. The van der Waals surface area contributed by atoms with Crippen molar-refractivity contribution in [1.29, 1.82) is 0 Å². The molecule has 3 heterocycles. The van der Waals surface area contributed by atoms with E-state index in [0.717, 1.165) is 41.1 Å². The molecular formula is C25H32N2O3S2. The van der Waals surface area contributed by atoms with Crippen LogP contribution in [-0.4, -0.2) is 32.0 Å². The van der Waals surface area contributed by atoms with Crippen molar-refractivity contribution < 1.29 is 14.7 Å². The Balaban J connectivity index is 1.97. The number of amides is 1. The first-order valence-corrected chi connectivity index (χ1v) is 12.8. The highest BCUT2D eigenvalue weighted by Gasteiger charge is 2.42. The van der Waals surface area contributed by atoms with Crippen LogP contribution in [0.1, 0.15) is 75.5 Å². The van der Waals surface area contributed by atoms with Crippen LogP contribution in [0.5, 0.6) is 0 Å². The van der Waals surface area contributed by atoms with E-state index in [1.54, 1.807) is 11.8 Å². The van der Waals surface area contributed by atoms with Crippen molar-refractivity contribution in [3.05, 3.63) is 58.1 Å². The summed E-state index contributed by atoms with van der Waals surface area (Å²) in [5.41, 5.74) is 4.14. The number of carbonyl (C=O) groups is 2. The summed E-state index contributed by atoms with van der Waals surface area (Å²) in [6.07, 6.45) is 10.4. The third-order valence-corrected chi connectivity index (χ3v) is 8.67. The number of allylic oxidation sites excluding steroid dienone is 4. The fourth-order valence-corrected chi connectivity index (χ4v) is 6.81. The summed E-state index contributed by atoms with van der Waals surface area (Å²) in [5, 5.41) is 15.5. The second kappa shape index (κ2) is 10.7. The number of carboxylic acids is 1. The minimum atomic E-state index is -0.878. The average Bonchev–Trinajstić information content (AvgIpc) is 3.16. The van der Waals surface area contributed by atoms with Gasteiger partial charge in [-0.2, -0.15) is 0 Å². The van der Waals surface area contributed by atoms with E-state index in [1.807, 2.05) is 12.3 Å². The highest BCUT2D eigenvalue weighted by molar-refractivity contribution is 8.01. The third-order valence-electron chi connectivity index (χ3n) is 5.85. The van der Waals surface area contributed by atoms with Crippen molar-refractivity contribution in [3.8, 4) is 0 Å². The van der Waals surface area contributed by atoms with E-state index in [4.69, 9.17) is 4.98 Å². The van der Waals surface area contributed by atoms with Gasteiger partial charge in [0.05, 0.1) is 18.2 Å². The lowest BCUT2D eigenvalue weighted by atomic mass is 9.89. The Hall–Kier alpha value is -2.12. The Kier molecular flexibility index (Phi) is 8.17. The number of thioether (sulfide) groups is 1. The van der Waals surface area contributed by atoms with E-state index in [9.17, 15) is 14.7 Å². The van der Waals surface area contributed by atoms with Crippen LogP contribution in [0.4, 0.5) is 0 Å². The van der Waals surface area contributed by atoms with Gasteiger partial charge in [0.15, 0.2) is 0 Å². The lowest BCUT2D eigenvalue weighted by Gasteiger charge is -2.40. The summed E-state index contributed by atoms with van der Waals surface area (Å²) < 4.78 is -0.649. The average molecular weight is 473 g/mol. The maximum absolute atomic E-state index is 13.0. The number of nitrogens with zero attached hydrogens (tertiary/aromatic N) is 1. The van der Waals surface area contributed by atoms with Gasteiger partial charge in [0.25, 0.3) is 0 Å². The van der Waals surface area contributed by atoms with E-state index in [0.29, 0.717) is 12.8 Å². The molecule has 4 bridgehead atoms. The van der Waals surface area contributed by atoms with E-state index >= 15 is 0 Å². The highest BCUT2D eigenvalue weighted by atomic mass is 32.2. The molecule has 2 aliphatic heterocycles. The van der Waals surface area contributed by atoms with Gasteiger partial charge in [0, 0.05) is 21.8 Å². The molecule has 0 spiro atoms. The number of hydrogen-bond acceptors (Lipinski definition) is 5. The quantitative estimate of drug-likeness (QED) is 0.520. The Morgan fingerprint density at radius 3 is 2.88 bits per heavy atom. The molecule has 5 nitrogen and oxygen atoms in total. The first-order chi connectivity index (χ1) is 15.2. The summed E-state index contributed by atoms with van der Waals surface area (Å²) in [4.78, 5) is 29.4. The summed E-state index contributed by atoms with van der Waals surface area (Å²) in [7, 11) is 0. The molecule has 32 heavy (non-hydrogen) atoms. The van der Waals surface area contributed by atoms with Crippen molar-refractivity contribution in [1.82, 2.24) is 10.3 Å². The second-order valence-corrected chi connectivity index (χ2v) is 11.3. The van der Waals surface area contributed by atoms with Crippen molar-refractivity contribution in [3.63, 3.8) is 0 Å². The molecule has 0 saturated carbocycles. The van der Waals surface area contributed by atoms with Crippen LogP contribution in [0.15, 0.2) is 47.4 Å². The molecule has 1 aromatic rings. The van der Waals surface area contributed by atoms with Crippen LogP contribution >= 0.6 is 23.1 Å². The first kappa shape index (κ1) is 24.5. The van der Waals surface area contributed by atoms with Gasteiger partial charge in [-0.3, -0.25) is 9.59 Å². The van der Waals surface area contributed by atoms with Crippen molar-refractivity contribution in [2.45, 2.75) is 74.8 Å². The van der Waals surface area contributed by atoms with Gasteiger partial charge < -0.3 is 10.4 Å². The first-order valence-electron chi connectivity index (χ1n) is 11.1. The number of aliphatic carboxylic acids is 1. The predicted octanol–water partition coefficient (Wildman–Crippen LogP) is 6.08. The molecule has 0 radical (unpaired) electrons. The fourth-order valence-electron chi connectivity index (χ4n) is 4.20. The summed E-state index contributed by atoms with van der Waals surface area (Å²) in [5.74, 6) is -1.01. The number of fused-ring (bicyclic) bond motifs is 4. The zero-order valence-corrected chi connectivity index (χ0v) is 20.5. The van der Waals surface area contributed by atoms with Crippen LogP contribution in [0.25, 0.3) is 6.08 Å². The molecule has 1 fully saturated rings. The minimum Gasteiger partial charge on any atom is -0.481 e. The molecule has 1 unspecified atom stereocenters. The molecule has 0 aromatic carbocycles. The molecule has 0 aliphatic carbocycles. The molecule has 1 saturated heterocycles. The normalized spacial score (nSPS) is 29.7. The van der Waals surface area contributed by atoms with E-state index in [1.165, 1.54) is 16.9 Å². The van der Waals surface area contributed by atoms with Crippen LogP contribution < -0.4 is 5.32 Å². The van der Waals surface area contributed by atoms with Gasteiger partial charge >= 0.3 is 5.97 Å². The number of aromatic nitrogens is 1. The number of carboxylic acid groups (broad SMARTS) is 1. The minimum absolute atomic E-state index is 0.0453. The molecule has 3 rings (SSSR count). The van der Waals surface area contributed by atoms with Crippen LogP contribution in [0.3, 0.4) is 0 Å². The topological polar surface area (TPSA) is 79.3 Å². The van der Waals surface area contributed by atoms with Gasteiger partial charge in [-0.15, -0.1) is 23.1 Å². The molecule has 1 aromatic heterocycles. The predicted molar refractivity (Wildman–Crippen MR) is 134 cm³/mol. The zero-order valence-electron chi connectivity index (χ0n) is 18.9.